The SMILES string of the molecule is COc1ccc(/C=N\n2c(COc3c(C)cccc3C)n[nH]c2=S)cc1. The first kappa shape index (κ1) is 17.9. The third-order valence-corrected chi connectivity index (χ3v) is 4.17. The van der Waals surface area contributed by atoms with E-state index >= 15 is 0 Å². The molecular formula is C19H20N4O2S. The quantitative estimate of drug-likeness (QED) is 0.527. The molecule has 0 saturated carbocycles. The molecule has 0 saturated heterocycles. The first-order valence-corrected chi connectivity index (χ1v) is 8.53. The molecule has 0 unspecified atom stereocenters. The lowest BCUT2D eigenvalue weighted by Gasteiger charge is -2.11. The molecule has 0 atom stereocenters. The number of nitrogens with one attached hydrogen (secondary N) is 1. The molecule has 0 amide bonds. The van der Waals surface area contributed by atoms with E-state index in [-0.39, 0.29) is 6.61 Å². The largest absolute Gasteiger partial charge is 0.497 e. The lowest BCUT2D eigenvalue weighted by molar-refractivity contribution is 0.287. The third-order valence-electron chi connectivity index (χ3n) is 3.91. The van der Waals surface area contributed by atoms with Gasteiger partial charge in [0.2, 0.25) is 4.77 Å². The highest BCUT2D eigenvalue weighted by Crippen LogP contribution is 2.23. The fourth-order valence-electron chi connectivity index (χ4n) is 2.51. The van der Waals surface area contributed by atoms with Crippen molar-refractivity contribution in [1.82, 2.24) is 14.9 Å². The van der Waals surface area contributed by atoms with Crippen LogP contribution in [0.2, 0.25) is 0 Å². The van der Waals surface area contributed by atoms with Crippen molar-refractivity contribution in [2.75, 3.05) is 7.11 Å². The Kier molecular flexibility index (Phi) is 5.48. The fourth-order valence-corrected chi connectivity index (χ4v) is 2.71. The van der Waals surface area contributed by atoms with E-state index in [0.29, 0.717) is 10.6 Å². The molecule has 0 aliphatic rings. The molecule has 0 fully saturated rings. The Morgan fingerprint density at radius 1 is 1.15 bits per heavy atom. The van der Waals surface area contributed by atoms with Gasteiger partial charge in [0.25, 0.3) is 0 Å². The van der Waals surface area contributed by atoms with Gasteiger partial charge in [-0.25, -0.2) is 5.10 Å². The topological polar surface area (TPSA) is 64.4 Å². The predicted molar refractivity (Wildman–Crippen MR) is 104 cm³/mol. The van der Waals surface area contributed by atoms with E-state index in [1.165, 1.54) is 0 Å². The van der Waals surface area contributed by atoms with Crippen LogP contribution in [0, 0.1) is 18.6 Å². The molecule has 6 nitrogen and oxygen atoms in total. The Morgan fingerprint density at radius 3 is 2.50 bits per heavy atom. The highest BCUT2D eigenvalue weighted by Gasteiger charge is 2.09. The number of hydrogen-bond acceptors (Lipinski definition) is 5. The zero-order valence-electron chi connectivity index (χ0n) is 14.9. The Morgan fingerprint density at radius 2 is 1.85 bits per heavy atom. The summed E-state index contributed by atoms with van der Waals surface area (Å²) < 4.78 is 13.1. The maximum Gasteiger partial charge on any atom is 0.216 e. The van der Waals surface area contributed by atoms with Crippen LogP contribution in [-0.4, -0.2) is 28.2 Å². The number of ether oxygens (including phenoxy) is 2. The van der Waals surface area contributed by atoms with Crippen molar-refractivity contribution in [3.8, 4) is 11.5 Å². The monoisotopic (exact) mass is 368 g/mol. The van der Waals surface area contributed by atoms with E-state index in [1.54, 1.807) is 18.0 Å². The molecule has 26 heavy (non-hydrogen) atoms. The third kappa shape index (κ3) is 4.00. The number of aryl methyl sites for hydroxylation is 2. The lowest BCUT2D eigenvalue weighted by atomic mass is 10.1. The summed E-state index contributed by atoms with van der Waals surface area (Å²) in [7, 11) is 1.64. The van der Waals surface area contributed by atoms with E-state index in [1.807, 2.05) is 56.3 Å². The summed E-state index contributed by atoms with van der Waals surface area (Å²) in [4.78, 5) is 0. The van der Waals surface area contributed by atoms with Crippen LogP contribution in [-0.2, 0) is 6.61 Å². The molecule has 0 spiro atoms. The van der Waals surface area contributed by atoms with Gasteiger partial charge in [0.15, 0.2) is 5.82 Å². The molecule has 3 rings (SSSR count). The number of nitrogens with zero attached hydrogens (tertiary/aromatic N) is 3. The number of H-pyrrole nitrogens is 1. The molecule has 1 heterocycles. The minimum atomic E-state index is 0.263. The van der Waals surface area contributed by atoms with Gasteiger partial charge in [-0.05, 0) is 67.0 Å². The van der Waals surface area contributed by atoms with Gasteiger partial charge in [-0.3, -0.25) is 0 Å². The molecule has 7 heteroatoms. The minimum absolute atomic E-state index is 0.263. The number of para-hydroxylation sites is 1. The van der Waals surface area contributed by atoms with Crippen molar-refractivity contribution < 1.29 is 9.47 Å². The van der Waals surface area contributed by atoms with Crippen molar-refractivity contribution >= 4 is 18.4 Å². The van der Waals surface area contributed by atoms with E-state index in [9.17, 15) is 0 Å². The van der Waals surface area contributed by atoms with Crippen molar-refractivity contribution in [2.24, 2.45) is 5.10 Å². The Hall–Kier alpha value is -2.93. The van der Waals surface area contributed by atoms with Gasteiger partial charge in [-0.15, -0.1) is 0 Å². The van der Waals surface area contributed by atoms with Gasteiger partial charge in [0.1, 0.15) is 18.1 Å². The first-order chi connectivity index (χ1) is 12.6. The maximum atomic E-state index is 5.95. The minimum Gasteiger partial charge on any atom is -0.497 e. The van der Waals surface area contributed by atoms with Gasteiger partial charge in [-0.1, -0.05) is 18.2 Å². The standard InChI is InChI=1S/C19H20N4O2S/c1-13-5-4-6-14(2)18(13)25-12-17-21-22-19(26)23(17)20-11-15-7-9-16(24-3)10-8-15/h4-11H,12H2,1-3H3,(H,22,26)/b20-11-. The van der Waals surface area contributed by atoms with Gasteiger partial charge >= 0.3 is 0 Å². The van der Waals surface area contributed by atoms with Crippen LogP contribution in [0.4, 0.5) is 0 Å². The summed E-state index contributed by atoms with van der Waals surface area (Å²) in [5, 5.41) is 11.4. The first-order valence-electron chi connectivity index (χ1n) is 8.12. The number of aromatic nitrogens is 3. The molecule has 0 aliphatic heterocycles. The number of benzene rings is 2. The molecule has 1 N–H and O–H groups in total. The molecule has 3 aromatic rings. The zero-order valence-corrected chi connectivity index (χ0v) is 15.7. The van der Waals surface area contributed by atoms with Crippen LogP contribution in [0.25, 0.3) is 0 Å². The van der Waals surface area contributed by atoms with Crippen LogP contribution in [0.3, 0.4) is 0 Å². The average molecular weight is 368 g/mol. The number of aromatic amines is 1. The van der Waals surface area contributed by atoms with Crippen LogP contribution >= 0.6 is 12.2 Å². The highest BCUT2D eigenvalue weighted by molar-refractivity contribution is 7.71. The molecule has 2 aromatic carbocycles. The molecule has 0 radical (unpaired) electrons. The second kappa shape index (κ2) is 7.97. The van der Waals surface area contributed by atoms with Crippen molar-refractivity contribution in [3.63, 3.8) is 0 Å². The second-order valence-corrected chi connectivity index (χ2v) is 6.17. The molecule has 0 bridgehead atoms. The van der Waals surface area contributed by atoms with Crippen molar-refractivity contribution in [2.45, 2.75) is 20.5 Å². The van der Waals surface area contributed by atoms with E-state index < -0.39 is 0 Å². The Balaban J connectivity index is 1.78. The van der Waals surface area contributed by atoms with Gasteiger partial charge in [0.05, 0.1) is 13.3 Å². The Labute approximate surface area is 157 Å². The van der Waals surface area contributed by atoms with Gasteiger partial charge in [-0.2, -0.15) is 14.9 Å². The summed E-state index contributed by atoms with van der Waals surface area (Å²) in [5.41, 5.74) is 3.08. The maximum absolute atomic E-state index is 5.95. The number of rotatable bonds is 6. The van der Waals surface area contributed by atoms with Gasteiger partial charge in [0, 0.05) is 0 Å². The smallest absolute Gasteiger partial charge is 0.216 e. The van der Waals surface area contributed by atoms with Gasteiger partial charge < -0.3 is 9.47 Å². The predicted octanol–water partition coefficient (Wildman–Crippen LogP) is 4.03. The van der Waals surface area contributed by atoms with E-state index in [4.69, 9.17) is 21.7 Å². The molecule has 1 aromatic heterocycles. The number of hydrogen-bond donors (Lipinski definition) is 1. The van der Waals surface area contributed by atoms with Crippen molar-refractivity contribution in [3.05, 3.63) is 69.8 Å². The molecule has 0 aliphatic carbocycles. The van der Waals surface area contributed by atoms with Crippen LogP contribution in [0.15, 0.2) is 47.6 Å². The molecule has 134 valence electrons. The summed E-state index contributed by atoms with van der Waals surface area (Å²) >= 11 is 5.27. The Bertz CT molecular complexity index is 954. The van der Waals surface area contributed by atoms with E-state index in [2.05, 4.69) is 15.3 Å². The lowest BCUT2D eigenvalue weighted by Crippen LogP contribution is -2.05. The average Bonchev–Trinajstić information content (AvgIpc) is 3.00. The summed E-state index contributed by atoms with van der Waals surface area (Å²) in [6.07, 6.45) is 1.72. The highest BCUT2D eigenvalue weighted by atomic mass is 32.1. The van der Waals surface area contributed by atoms with Crippen LogP contribution in [0.1, 0.15) is 22.5 Å². The van der Waals surface area contributed by atoms with Crippen LogP contribution in [0.5, 0.6) is 11.5 Å². The summed E-state index contributed by atoms with van der Waals surface area (Å²) in [6.45, 7) is 4.29. The van der Waals surface area contributed by atoms with Crippen molar-refractivity contribution in [1.29, 1.82) is 0 Å². The zero-order chi connectivity index (χ0) is 18.5. The normalized spacial score (nSPS) is 11.0. The molecular weight excluding hydrogens is 348 g/mol. The second-order valence-electron chi connectivity index (χ2n) is 5.78. The summed E-state index contributed by atoms with van der Waals surface area (Å²) in [6, 6.07) is 13.6. The van der Waals surface area contributed by atoms with Crippen LogP contribution < -0.4 is 9.47 Å². The van der Waals surface area contributed by atoms with E-state index in [0.717, 1.165) is 28.2 Å². The summed E-state index contributed by atoms with van der Waals surface area (Å²) in [5.74, 6) is 2.25. The fraction of sp³-hybridized carbons (Fsp3) is 0.211. The number of methoxy groups -OCH3 is 1.